The van der Waals surface area contributed by atoms with E-state index in [9.17, 15) is 0 Å². The largest absolute Gasteiger partial charge is 0.478 e. The zero-order valence-corrected chi connectivity index (χ0v) is 7.91. The molecule has 0 aromatic carbocycles. The van der Waals surface area contributed by atoms with Crippen LogP contribution in [0.1, 0.15) is 13.8 Å². The first kappa shape index (κ1) is 9.90. The summed E-state index contributed by atoms with van der Waals surface area (Å²) in [7, 11) is 5.63. The van der Waals surface area contributed by atoms with Gasteiger partial charge >= 0.3 is 0 Å². The number of hydrogen-bond donors (Lipinski definition) is 0. The average Bonchev–Trinajstić information content (AvgIpc) is 2.12. The lowest BCUT2D eigenvalue weighted by molar-refractivity contribution is 0.301. The van der Waals surface area contributed by atoms with Crippen molar-refractivity contribution in [2.45, 2.75) is 13.8 Å². The Kier molecular flexibility index (Phi) is 3.61. The Balaban J connectivity index is 2.83. The summed E-state index contributed by atoms with van der Waals surface area (Å²) in [5.41, 5.74) is 0.533. The van der Waals surface area contributed by atoms with E-state index in [0.717, 1.165) is 0 Å². The van der Waals surface area contributed by atoms with Gasteiger partial charge in [0.05, 0.1) is 13.2 Å². The van der Waals surface area contributed by atoms with E-state index in [1.165, 1.54) is 0 Å². The highest BCUT2D eigenvalue weighted by Crippen LogP contribution is 2.10. The molecule has 1 rings (SSSR count). The molecule has 0 aliphatic rings. The van der Waals surface area contributed by atoms with E-state index in [-0.39, 0.29) is 0 Å². The fraction of sp³-hybridized carbons (Fsp3) is 0.444. The molecule has 1 aromatic heterocycles. The molecular weight excluding hydrogens is 165 g/mol. The number of rotatable bonds is 4. The van der Waals surface area contributed by atoms with E-state index < -0.39 is 0 Å². The summed E-state index contributed by atoms with van der Waals surface area (Å²) >= 11 is 0. The summed E-state index contributed by atoms with van der Waals surface area (Å²) < 4.78 is 10.4. The van der Waals surface area contributed by atoms with E-state index in [1.807, 2.05) is 13.8 Å². The number of aromatic nitrogens is 1. The molecule has 13 heavy (non-hydrogen) atoms. The third kappa shape index (κ3) is 2.65. The maximum absolute atomic E-state index is 5.63. The molecule has 0 fully saturated rings. The highest BCUT2D eigenvalue weighted by molar-refractivity contribution is 6.33. The van der Waals surface area contributed by atoms with Crippen LogP contribution in [0.2, 0.25) is 0 Å². The number of ether oxygens (including phenoxy) is 2. The molecule has 0 atom stereocenters. The Morgan fingerprint density at radius 2 is 1.92 bits per heavy atom. The average molecular weight is 177 g/mol. The molecule has 0 aliphatic heterocycles. The molecule has 0 N–H and O–H groups in total. The van der Waals surface area contributed by atoms with Crippen molar-refractivity contribution in [1.29, 1.82) is 0 Å². The van der Waals surface area contributed by atoms with E-state index >= 15 is 0 Å². The first-order chi connectivity index (χ1) is 6.27. The maximum atomic E-state index is 5.63. The Morgan fingerprint density at radius 1 is 1.23 bits per heavy atom. The van der Waals surface area contributed by atoms with Crippen LogP contribution in [0.15, 0.2) is 12.1 Å². The topological polar surface area (TPSA) is 31.4 Å². The minimum atomic E-state index is 0.438. The number of hydrogen-bond acceptors (Lipinski definition) is 3. The van der Waals surface area contributed by atoms with Gasteiger partial charge in [-0.2, -0.15) is 4.98 Å². The Labute approximate surface area is 79.5 Å². The molecule has 0 saturated heterocycles. The Bertz CT molecular complexity index is 278. The minimum absolute atomic E-state index is 0.438. The summed E-state index contributed by atoms with van der Waals surface area (Å²) in [4.78, 5) is 4.08. The second-order valence-corrected chi connectivity index (χ2v) is 2.41. The lowest BCUT2D eigenvalue weighted by Gasteiger charge is -2.08. The van der Waals surface area contributed by atoms with Crippen LogP contribution >= 0.6 is 0 Å². The highest BCUT2D eigenvalue weighted by Gasteiger charge is 2.02. The Hall–Kier alpha value is -1.19. The highest BCUT2D eigenvalue weighted by atomic mass is 16.5. The summed E-state index contributed by atoms with van der Waals surface area (Å²) in [5.74, 6) is 0.980. The van der Waals surface area contributed by atoms with Crippen LogP contribution in [0.25, 0.3) is 0 Å². The van der Waals surface area contributed by atoms with Gasteiger partial charge in [-0.15, -0.1) is 0 Å². The fourth-order valence-electron chi connectivity index (χ4n) is 0.915. The van der Waals surface area contributed by atoms with Gasteiger partial charge in [-0.05, 0) is 25.4 Å². The zero-order valence-electron chi connectivity index (χ0n) is 7.91. The van der Waals surface area contributed by atoms with E-state index in [0.29, 0.717) is 30.4 Å². The normalized spacial score (nSPS) is 9.69. The fourth-order valence-corrected chi connectivity index (χ4v) is 0.915. The predicted molar refractivity (Wildman–Crippen MR) is 52.0 cm³/mol. The van der Waals surface area contributed by atoms with Gasteiger partial charge in [0, 0.05) is 0 Å². The number of nitrogens with zero attached hydrogens (tertiary/aromatic N) is 1. The van der Waals surface area contributed by atoms with E-state index in [2.05, 4.69) is 4.98 Å². The summed E-state index contributed by atoms with van der Waals surface area (Å²) in [5, 5.41) is 0. The molecule has 68 valence electrons. The molecule has 4 heteroatoms. The van der Waals surface area contributed by atoms with Gasteiger partial charge < -0.3 is 9.47 Å². The van der Waals surface area contributed by atoms with Gasteiger partial charge in [0.1, 0.15) is 7.85 Å². The van der Waals surface area contributed by atoms with Crippen molar-refractivity contribution in [3.05, 3.63) is 12.1 Å². The minimum Gasteiger partial charge on any atom is -0.478 e. The third-order valence-corrected chi connectivity index (χ3v) is 1.44. The van der Waals surface area contributed by atoms with Gasteiger partial charge in [0.2, 0.25) is 11.8 Å². The number of pyridine rings is 1. The molecule has 1 heterocycles. The molecule has 0 unspecified atom stereocenters. The molecule has 3 nitrogen and oxygen atoms in total. The second-order valence-electron chi connectivity index (χ2n) is 2.41. The summed E-state index contributed by atoms with van der Waals surface area (Å²) in [6.45, 7) is 4.92. The second kappa shape index (κ2) is 4.75. The van der Waals surface area contributed by atoms with Crippen LogP contribution in [-0.4, -0.2) is 26.0 Å². The van der Waals surface area contributed by atoms with Crippen molar-refractivity contribution in [2.24, 2.45) is 0 Å². The van der Waals surface area contributed by atoms with Crippen LogP contribution in [-0.2, 0) is 0 Å². The Morgan fingerprint density at radius 3 is 2.54 bits per heavy atom. The standard InChI is InChI=1S/C9H12BNO2/c1-3-12-8-6-5-7(10)9(11-8)13-4-2/h5-6H,3-4H2,1-2H3. The zero-order chi connectivity index (χ0) is 9.68. The molecule has 0 saturated carbocycles. The van der Waals surface area contributed by atoms with Crippen molar-refractivity contribution in [3.63, 3.8) is 0 Å². The quantitative estimate of drug-likeness (QED) is 0.633. The lowest BCUT2D eigenvalue weighted by Crippen LogP contribution is -2.11. The first-order valence-electron chi connectivity index (χ1n) is 4.30. The molecular formula is C9H12BNO2. The maximum Gasteiger partial charge on any atom is 0.216 e. The third-order valence-electron chi connectivity index (χ3n) is 1.44. The monoisotopic (exact) mass is 177 g/mol. The smallest absolute Gasteiger partial charge is 0.216 e. The van der Waals surface area contributed by atoms with Crippen molar-refractivity contribution in [2.75, 3.05) is 13.2 Å². The first-order valence-corrected chi connectivity index (χ1v) is 4.30. The van der Waals surface area contributed by atoms with Gasteiger partial charge in [0.15, 0.2) is 0 Å². The lowest BCUT2D eigenvalue weighted by atomic mass is 9.98. The van der Waals surface area contributed by atoms with Gasteiger partial charge in [-0.1, -0.05) is 6.07 Å². The van der Waals surface area contributed by atoms with Crippen molar-refractivity contribution in [3.8, 4) is 11.8 Å². The molecule has 1 aromatic rings. The van der Waals surface area contributed by atoms with Crippen molar-refractivity contribution in [1.82, 2.24) is 4.98 Å². The summed E-state index contributed by atoms with van der Waals surface area (Å²) in [6.07, 6.45) is 0. The van der Waals surface area contributed by atoms with Crippen LogP contribution in [0.3, 0.4) is 0 Å². The van der Waals surface area contributed by atoms with E-state index in [4.69, 9.17) is 17.3 Å². The van der Waals surface area contributed by atoms with Gasteiger partial charge in [0.25, 0.3) is 0 Å². The van der Waals surface area contributed by atoms with Crippen LogP contribution in [0, 0.1) is 0 Å². The SMILES string of the molecule is [B]c1ccc(OCC)nc1OCC. The molecule has 2 radical (unpaired) electrons. The van der Waals surface area contributed by atoms with Crippen LogP contribution in [0.5, 0.6) is 11.8 Å². The van der Waals surface area contributed by atoms with Crippen molar-refractivity contribution < 1.29 is 9.47 Å². The summed E-state index contributed by atoms with van der Waals surface area (Å²) in [6, 6.07) is 3.45. The predicted octanol–water partition coefficient (Wildman–Crippen LogP) is 0.673. The van der Waals surface area contributed by atoms with E-state index in [1.54, 1.807) is 12.1 Å². The van der Waals surface area contributed by atoms with Crippen LogP contribution in [0.4, 0.5) is 0 Å². The van der Waals surface area contributed by atoms with Crippen molar-refractivity contribution >= 4 is 13.3 Å². The molecule has 0 amide bonds. The molecule has 0 bridgehead atoms. The van der Waals surface area contributed by atoms with Gasteiger partial charge in [-0.25, -0.2) is 0 Å². The van der Waals surface area contributed by atoms with Crippen LogP contribution < -0.4 is 14.9 Å². The molecule has 0 spiro atoms. The molecule has 0 aliphatic carbocycles. The van der Waals surface area contributed by atoms with Gasteiger partial charge in [-0.3, -0.25) is 0 Å².